The van der Waals surface area contributed by atoms with Crippen LogP contribution in [0.5, 0.6) is 5.75 Å². The SMILES string of the molecule is Cc1cc(=O)n(CCOc2ccc(N)cc2)cc1[N+](=O)[O-]. The molecule has 2 N–H and O–H groups in total. The van der Waals surface area contributed by atoms with Gasteiger partial charge in [-0.1, -0.05) is 0 Å². The molecule has 0 saturated carbocycles. The van der Waals surface area contributed by atoms with Gasteiger partial charge in [-0.2, -0.15) is 0 Å². The van der Waals surface area contributed by atoms with Gasteiger partial charge in [-0.05, 0) is 31.2 Å². The van der Waals surface area contributed by atoms with E-state index in [2.05, 4.69) is 0 Å². The molecule has 110 valence electrons. The second-order valence-corrected chi connectivity index (χ2v) is 4.55. The van der Waals surface area contributed by atoms with Gasteiger partial charge < -0.3 is 15.0 Å². The van der Waals surface area contributed by atoms with Crippen LogP contribution in [-0.2, 0) is 6.54 Å². The van der Waals surface area contributed by atoms with Crippen molar-refractivity contribution in [3.63, 3.8) is 0 Å². The summed E-state index contributed by atoms with van der Waals surface area (Å²) < 4.78 is 6.73. The fourth-order valence-corrected chi connectivity index (χ4v) is 1.85. The molecule has 0 aliphatic rings. The number of aromatic nitrogens is 1. The summed E-state index contributed by atoms with van der Waals surface area (Å²) >= 11 is 0. The van der Waals surface area contributed by atoms with E-state index in [4.69, 9.17) is 10.5 Å². The summed E-state index contributed by atoms with van der Waals surface area (Å²) in [5, 5.41) is 10.9. The topological polar surface area (TPSA) is 100 Å². The highest BCUT2D eigenvalue weighted by atomic mass is 16.6. The second-order valence-electron chi connectivity index (χ2n) is 4.55. The van der Waals surface area contributed by atoms with Gasteiger partial charge in [-0.25, -0.2) is 0 Å². The second kappa shape index (κ2) is 6.08. The van der Waals surface area contributed by atoms with Gasteiger partial charge in [0.05, 0.1) is 17.7 Å². The summed E-state index contributed by atoms with van der Waals surface area (Å²) in [7, 11) is 0. The zero-order chi connectivity index (χ0) is 15.4. The van der Waals surface area contributed by atoms with Crippen LogP contribution in [0.4, 0.5) is 11.4 Å². The van der Waals surface area contributed by atoms with E-state index in [-0.39, 0.29) is 24.4 Å². The van der Waals surface area contributed by atoms with Gasteiger partial charge in [-0.3, -0.25) is 14.9 Å². The number of rotatable bonds is 5. The number of nitro groups is 1. The fraction of sp³-hybridized carbons (Fsp3) is 0.214. The lowest BCUT2D eigenvalue weighted by Gasteiger charge is -2.09. The largest absolute Gasteiger partial charge is 0.492 e. The Labute approximate surface area is 120 Å². The van der Waals surface area contributed by atoms with E-state index in [0.29, 0.717) is 17.0 Å². The van der Waals surface area contributed by atoms with Crippen molar-refractivity contribution in [3.8, 4) is 5.75 Å². The molecule has 0 bridgehead atoms. The molecule has 0 radical (unpaired) electrons. The Morgan fingerprint density at radius 3 is 2.62 bits per heavy atom. The third kappa shape index (κ3) is 3.59. The Kier molecular flexibility index (Phi) is 4.22. The van der Waals surface area contributed by atoms with Gasteiger partial charge in [0.15, 0.2) is 0 Å². The Bertz CT molecular complexity index is 707. The number of nitrogens with zero attached hydrogens (tertiary/aromatic N) is 2. The van der Waals surface area contributed by atoms with Gasteiger partial charge in [0, 0.05) is 17.3 Å². The van der Waals surface area contributed by atoms with E-state index in [0.717, 1.165) is 0 Å². The molecular weight excluding hydrogens is 274 g/mol. The van der Waals surface area contributed by atoms with Gasteiger partial charge >= 0.3 is 0 Å². The highest BCUT2D eigenvalue weighted by Gasteiger charge is 2.13. The molecule has 0 atom stereocenters. The van der Waals surface area contributed by atoms with Crippen molar-refractivity contribution in [2.75, 3.05) is 12.3 Å². The maximum Gasteiger partial charge on any atom is 0.288 e. The molecule has 2 rings (SSSR count). The van der Waals surface area contributed by atoms with Gasteiger partial charge in [-0.15, -0.1) is 0 Å². The quantitative estimate of drug-likeness (QED) is 0.513. The van der Waals surface area contributed by atoms with Crippen LogP contribution >= 0.6 is 0 Å². The summed E-state index contributed by atoms with van der Waals surface area (Å²) in [6.07, 6.45) is 1.24. The van der Waals surface area contributed by atoms with Crippen LogP contribution in [0.3, 0.4) is 0 Å². The van der Waals surface area contributed by atoms with Crippen molar-refractivity contribution in [2.45, 2.75) is 13.5 Å². The minimum absolute atomic E-state index is 0.0814. The minimum Gasteiger partial charge on any atom is -0.492 e. The molecule has 7 nitrogen and oxygen atoms in total. The van der Waals surface area contributed by atoms with Crippen LogP contribution in [0.2, 0.25) is 0 Å². The van der Waals surface area contributed by atoms with Crippen molar-refractivity contribution in [1.29, 1.82) is 0 Å². The average Bonchev–Trinajstić information content (AvgIpc) is 2.43. The van der Waals surface area contributed by atoms with E-state index in [1.807, 2.05) is 0 Å². The van der Waals surface area contributed by atoms with E-state index >= 15 is 0 Å². The lowest BCUT2D eigenvalue weighted by atomic mass is 10.2. The first-order valence-electron chi connectivity index (χ1n) is 6.31. The van der Waals surface area contributed by atoms with Crippen LogP contribution in [0.1, 0.15) is 5.56 Å². The Hall–Kier alpha value is -2.83. The molecule has 1 aromatic carbocycles. The number of benzene rings is 1. The van der Waals surface area contributed by atoms with Crippen molar-refractivity contribution >= 4 is 11.4 Å². The first kappa shape index (κ1) is 14.6. The third-order valence-electron chi connectivity index (χ3n) is 2.98. The first-order valence-corrected chi connectivity index (χ1v) is 6.31. The summed E-state index contributed by atoms with van der Waals surface area (Å²) in [6.45, 7) is 1.99. The summed E-state index contributed by atoms with van der Waals surface area (Å²) in [5.74, 6) is 0.624. The Morgan fingerprint density at radius 2 is 2.00 bits per heavy atom. The molecule has 0 unspecified atom stereocenters. The lowest BCUT2D eigenvalue weighted by molar-refractivity contribution is -0.385. The van der Waals surface area contributed by atoms with E-state index in [1.165, 1.54) is 23.8 Å². The van der Waals surface area contributed by atoms with Crippen LogP contribution in [0, 0.1) is 17.0 Å². The summed E-state index contributed by atoms with van der Waals surface area (Å²) in [5.41, 5.74) is 6.17. The van der Waals surface area contributed by atoms with E-state index < -0.39 is 4.92 Å². The fourth-order valence-electron chi connectivity index (χ4n) is 1.85. The van der Waals surface area contributed by atoms with E-state index in [1.54, 1.807) is 24.3 Å². The van der Waals surface area contributed by atoms with E-state index in [9.17, 15) is 14.9 Å². The van der Waals surface area contributed by atoms with Gasteiger partial charge in [0.1, 0.15) is 12.4 Å². The molecule has 0 spiro atoms. The Balaban J connectivity index is 2.06. The van der Waals surface area contributed by atoms with Gasteiger partial charge in [0.2, 0.25) is 0 Å². The number of hydrogen-bond acceptors (Lipinski definition) is 5. The highest BCUT2D eigenvalue weighted by molar-refractivity contribution is 5.41. The predicted molar refractivity (Wildman–Crippen MR) is 78.4 cm³/mol. The maximum atomic E-state index is 11.8. The normalized spacial score (nSPS) is 10.3. The molecule has 21 heavy (non-hydrogen) atoms. The minimum atomic E-state index is -0.508. The maximum absolute atomic E-state index is 11.8. The number of pyridine rings is 1. The molecule has 0 saturated heterocycles. The number of anilines is 1. The van der Waals surface area contributed by atoms with Crippen molar-refractivity contribution in [3.05, 3.63) is 62.6 Å². The summed E-state index contributed by atoms with van der Waals surface area (Å²) in [6, 6.07) is 8.10. The first-order chi connectivity index (χ1) is 9.97. The number of nitrogens with two attached hydrogens (primary N) is 1. The van der Waals surface area contributed by atoms with Crippen molar-refractivity contribution < 1.29 is 9.66 Å². The number of nitrogen functional groups attached to an aromatic ring is 1. The smallest absolute Gasteiger partial charge is 0.288 e. The lowest BCUT2D eigenvalue weighted by Crippen LogP contribution is -2.23. The monoisotopic (exact) mass is 289 g/mol. The molecule has 1 aromatic heterocycles. The van der Waals surface area contributed by atoms with Crippen molar-refractivity contribution in [2.24, 2.45) is 0 Å². The third-order valence-corrected chi connectivity index (χ3v) is 2.98. The molecule has 1 heterocycles. The molecule has 0 amide bonds. The number of hydrogen-bond donors (Lipinski definition) is 1. The van der Waals surface area contributed by atoms with Crippen LogP contribution in [0.15, 0.2) is 41.3 Å². The Morgan fingerprint density at radius 1 is 1.33 bits per heavy atom. The number of aryl methyl sites for hydroxylation is 1. The standard InChI is InChI=1S/C14H15N3O4/c1-10-8-14(18)16(9-13(10)17(19)20)6-7-21-12-4-2-11(15)3-5-12/h2-5,8-9H,6-7,15H2,1H3. The average molecular weight is 289 g/mol. The summed E-state index contributed by atoms with van der Waals surface area (Å²) in [4.78, 5) is 22.1. The van der Waals surface area contributed by atoms with Crippen LogP contribution in [0.25, 0.3) is 0 Å². The van der Waals surface area contributed by atoms with Gasteiger partial charge in [0.25, 0.3) is 11.2 Å². The highest BCUT2D eigenvalue weighted by Crippen LogP contribution is 2.15. The zero-order valence-corrected chi connectivity index (χ0v) is 11.5. The van der Waals surface area contributed by atoms with Crippen LogP contribution < -0.4 is 16.0 Å². The molecule has 7 heteroatoms. The number of ether oxygens (including phenoxy) is 1. The zero-order valence-electron chi connectivity index (χ0n) is 11.5. The molecule has 2 aromatic rings. The molecule has 0 fully saturated rings. The predicted octanol–water partition coefficient (Wildman–Crippen LogP) is 1.73. The molecule has 0 aliphatic carbocycles. The van der Waals surface area contributed by atoms with Crippen molar-refractivity contribution in [1.82, 2.24) is 4.57 Å². The molecular formula is C14H15N3O4. The van der Waals surface area contributed by atoms with Crippen LogP contribution in [-0.4, -0.2) is 16.1 Å². The molecule has 0 aliphatic heterocycles.